The molecular formula is C6H6ClO4P. The molecule has 1 unspecified atom stereocenters. The van der Waals surface area contributed by atoms with E-state index < -0.39 is 7.82 Å². The standard InChI is InChI=1S/C6H6ClO4P/c7-11-12(8,9)10-6-4-2-1-3-5-6/h1-5H,(H,8,9). The van der Waals surface area contributed by atoms with Crippen LogP contribution in [0.4, 0.5) is 0 Å². The van der Waals surface area contributed by atoms with Gasteiger partial charge in [-0.05, 0) is 12.1 Å². The summed E-state index contributed by atoms with van der Waals surface area (Å²) in [6.07, 6.45) is 0. The lowest BCUT2D eigenvalue weighted by atomic mass is 10.3. The molecule has 0 aliphatic heterocycles. The van der Waals surface area contributed by atoms with E-state index in [9.17, 15) is 4.57 Å². The van der Waals surface area contributed by atoms with Gasteiger partial charge < -0.3 is 4.52 Å². The molecule has 0 radical (unpaired) electrons. The lowest BCUT2D eigenvalue weighted by Gasteiger charge is -2.07. The maximum Gasteiger partial charge on any atom is 0.544 e. The zero-order valence-corrected chi connectivity index (χ0v) is 7.53. The first-order chi connectivity index (χ1) is 5.64. The van der Waals surface area contributed by atoms with Gasteiger partial charge in [0.1, 0.15) is 5.75 Å². The second-order valence-corrected chi connectivity index (χ2v) is 3.61. The van der Waals surface area contributed by atoms with Crippen LogP contribution in [0.3, 0.4) is 0 Å². The van der Waals surface area contributed by atoms with Gasteiger partial charge in [0, 0.05) is 0 Å². The number of halogens is 1. The van der Waals surface area contributed by atoms with Crippen molar-refractivity contribution in [1.82, 2.24) is 0 Å². The SMILES string of the molecule is O=P(O)(OCl)Oc1ccccc1. The van der Waals surface area contributed by atoms with Crippen molar-refractivity contribution in [1.29, 1.82) is 0 Å². The van der Waals surface area contributed by atoms with Gasteiger partial charge in [-0.25, -0.2) is 4.57 Å². The second-order valence-electron chi connectivity index (χ2n) is 1.94. The Bertz CT molecular complexity index is 289. The van der Waals surface area contributed by atoms with Crippen LogP contribution in [0, 0.1) is 0 Å². The minimum absolute atomic E-state index is 0.226. The van der Waals surface area contributed by atoms with Crippen molar-refractivity contribution in [2.75, 3.05) is 0 Å². The van der Waals surface area contributed by atoms with Crippen LogP contribution in [0.25, 0.3) is 0 Å². The normalized spacial score (nSPS) is 15.2. The zero-order chi connectivity index (χ0) is 9.03. The number of rotatable bonds is 3. The van der Waals surface area contributed by atoms with E-state index in [1.807, 2.05) is 0 Å². The number of phosphoric acid groups is 1. The highest BCUT2D eigenvalue weighted by Gasteiger charge is 2.21. The Balaban J connectivity index is 2.71. The van der Waals surface area contributed by atoms with Crippen molar-refractivity contribution in [3.63, 3.8) is 0 Å². The first kappa shape index (κ1) is 9.55. The molecule has 12 heavy (non-hydrogen) atoms. The monoisotopic (exact) mass is 208 g/mol. The van der Waals surface area contributed by atoms with Crippen LogP contribution >= 0.6 is 19.7 Å². The Morgan fingerprint density at radius 1 is 1.33 bits per heavy atom. The van der Waals surface area contributed by atoms with Crippen molar-refractivity contribution in [2.24, 2.45) is 0 Å². The fourth-order valence-electron chi connectivity index (χ4n) is 0.629. The van der Waals surface area contributed by atoms with Gasteiger partial charge in [-0.3, -0.25) is 4.89 Å². The molecule has 0 saturated heterocycles. The molecule has 4 nitrogen and oxygen atoms in total. The van der Waals surface area contributed by atoms with E-state index in [0.717, 1.165) is 0 Å². The highest BCUT2D eigenvalue weighted by atomic mass is 35.5. The van der Waals surface area contributed by atoms with Gasteiger partial charge in [0.05, 0.1) is 11.9 Å². The summed E-state index contributed by atoms with van der Waals surface area (Å²) >= 11 is 4.70. The summed E-state index contributed by atoms with van der Waals surface area (Å²) in [5.41, 5.74) is 0. The maximum atomic E-state index is 10.7. The number of benzene rings is 1. The molecule has 0 aliphatic rings. The molecule has 66 valence electrons. The Kier molecular flexibility index (Phi) is 3.12. The third-order valence-electron chi connectivity index (χ3n) is 1.05. The summed E-state index contributed by atoms with van der Waals surface area (Å²) < 4.78 is 18.9. The minimum Gasteiger partial charge on any atom is -0.403 e. The zero-order valence-electron chi connectivity index (χ0n) is 5.88. The van der Waals surface area contributed by atoms with E-state index in [2.05, 4.69) is 8.60 Å². The largest absolute Gasteiger partial charge is 0.544 e. The molecule has 0 aliphatic carbocycles. The molecule has 0 saturated carbocycles. The van der Waals surface area contributed by atoms with Crippen LogP contribution in [-0.4, -0.2) is 4.89 Å². The summed E-state index contributed by atoms with van der Waals surface area (Å²) in [6.45, 7) is 0. The Hall–Kier alpha value is -0.540. The average Bonchev–Trinajstić information content (AvgIpc) is 2.06. The van der Waals surface area contributed by atoms with Gasteiger partial charge in [-0.15, -0.1) is 0 Å². The molecule has 6 heteroatoms. The van der Waals surface area contributed by atoms with Crippen LogP contribution in [-0.2, 0) is 8.64 Å². The number of phosphoric ester groups is 1. The van der Waals surface area contributed by atoms with Crippen molar-refractivity contribution >= 4 is 19.7 Å². The van der Waals surface area contributed by atoms with Gasteiger partial charge >= 0.3 is 7.82 Å². The number of para-hydroxylation sites is 1. The fourth-order valence-corrected chi connectivity index (χ4v) is 1.13. The topological polar surface area (TPSA) is 55.8 Å². The smallest absolute Gasteiger partial charge is 0.403 e. The summed E-state index contributed by atoms with van der Waals surface area (Å²) in [4.78, 5) is 8.76. The number of hydrogen-bond donors (Lipinski definition) is 1. The molecule has 0 heterocycles. The summed E-state index contributed by atoms with van der Waals surface area (Å²) in [5, 5.41) is 0. The summed E-state index contributed by atoms with van der Waals surface area (Å²) in [5.74, 6) is 0.226. The van der Waals surface area contributed by atoms with E-state index in [1.54, 1.807) is 18.2 Å². The van der Waals surface area contributed by atoms with Gasteiger partial charge in [-0.2, -0.15) is 4.08 Å². The van der Waals surface area contributed by atoms with Crippen molar-refractivity contribution in [3.05, 3.63) is 30.3 Å². The van der Waals surface area contributed by atoms with Crippen LogP contribution < -0.4 is 4.52 Å². The Morgan fingerprint density at radius 2 is 1.92 bits per heavy atom. The molecule has 0 aromatic heterocycles. The molecule has 1 N–H and O–H groups in total. The maximum absolute atomic E-state index is 10.7. The predicted octanol–water partition coefficient (Wildman–Crippen LogP) is 2.34. The Morgan fingerprint density at radius 3 is 2.42 bits per heavy atom. The average molecular weight is 209 g/mol. The highest BCUT2D eigenvalue weighted by Crippen LogP contribution is 2.44. The summed E-state index contributed by atoms with van der Waals surface area (Å²) in [7, 11) is -4.13. The van der Waals surface area contributed by atoms with Crippen molar-refractivity contribution in [3.8, 4) is 5.75 Å². The van der Waals surface area contributed by atoms with E-state index in [1.165, 1.54) is 12.1 Å². The van der Waals surface area contributed by atoms with Gasteiger partial charge in [0.15, 0.2) is 0 Å². The molecular weight excluding hydrogens is 202 g/mol. The van der Waals surface area contributed by atoms with Crippen molar-refractivity contribution in [2.45, 2.75) is 0 Å². The third kappa shape index (κ3) is 2.83. The second kappa shape index (κ2) is 3.92. The predicted molar refractivity (Wildman–Crippen MR) is 43.8 cm³/mol. The van der Waals surface area contributed by atoms with Crippen LogP contribution in [0.5, 0.6) is 5.75 Å². The molecule has 0 spiro atoms. The molecule has 1 aromatic carbocycles. The first-order valence-electron chi connectivity index (χ1n) is 3.02. The van der Waals surface area contributed by atoms with E-state index in [4.69, 9.17) is 16.8 Å². The highest BCUT2D eigenvalue weighted by molar-refractivity contribution is 7.48. The minimum atomic E-state index is -4.13. The molecule has 1 rings (SSSR count). The van der Waals surface area contributed by atoms with Gasteiger partial charge in [0.2, 0.25) is 0 Å². The first-order valence-corrected chi connectivity index (χ1v) is 4.82. The van der Waals surface area contributed by atoms with Crippen LogP contribution in [0.2, 0.25) is 0 Å². The lowest BCUT2D eigenvalue weighted by Crippen LogP contribution is -1.90. The van der Waals surface area contributed by atoms with E-state index >= 15 is 0 Å². The molecule has 0 fully saturated rings. The molecule has 0 bridgehead atoms. The van der Waals surface area contributed by atoms with Crippen molar-refractivity contribution < 1.29 is 18.1 Å². The third-order valence-corrected chi connectivity index (χ3v) is 2.19. The molecule has 1 aromatic rings. The van der Waals surface area contributed by atoms with E-state index in [-0.39, 0.29) is 5.75 Å². The van der Waals surface area contributed by atoms with Gasteiger partial charge in [-0.1, -0.05) is 18.2 Å². The summed E-state index contributed by atoms with van der Waals surface area (Å²) in [6, 6.07) is 8.08. The van der Waals surface area contributed by atoms with Gasteiger partial charge in [0.25, 0.3) is 0 Å². The molecule has 1 atom stereocenters. The quantitative estimate of drug-likeness (QED) is 0.775. The Labute approximate surface area is 74.5 Å². The van der Waals surface area contributed by atoms with E-state index in [0.29, 0.717) is 0 Å². The van der Waals surface area contributed by atoms with Crippen LogP contribution in [0.15, 0.2) is 30.3 Å². The van der Waals surface area contributed by atoms with Crippen LogP contribution in [0.1, 0.15) is 0 Å². The lowest BCUT2D eigenvalue weighted by molar-refractivity contribution is 0.300. The fraction of sp³-hybridized carbons (Fsp3) is 0. The molecule has 0 amide bonds. The number of hydrogen-bond acceptors (Lipinski definition) is 3.